The molecular weight excluding hydrogens is 264 g/mol. The lowest BCUT2D eigenvalue weighted by Crippen LogP contribution is -2.17. The minimum absolute atomic E-state index is 0.914. The van der Waals surface area contributed by atoms with Crippen molar-refractivity contribution in [2.75, 3.05) is 0 Å². The van der Waals surface area contributed by atoms with Crippen molar-refractivity contribution in [3.05, 3.63) is 45.6 Å². The number of hydrogen-bond donors (Lipinski definition) is 0. The lowest BCUT2D eigenvalue weighted by Gasteiger charge is -2.31. The molecule has 5 saturated carbocycles. The van der Waals surface area contributed by atoms with E-state index in [1.165, 1.54) is 64.2 Å². The normalized spacial score (nSPS) is 35.3. The van der Waals surface area contributed by atoms with Crippen molar-refractivity contribution in [1.82, 2.24) is 0 Å². The molecule has 0 aromatic carbocycles. The van der Waals surface area contributed by atoms with E-state index >= 15 is 0 Å². The highest BCUT2D eigenvalue weighted by Gasteiger charge is 2.49. The SMILES string of the molecule is C1=C(C(=C2CC2)C2CCC2)C2CC2C(C(=C2CC2)C2CC2)=C1. The fourth-order valence-electron chi connectivity index (χ4n) is 5.08. The largest absolute Gasteiger partial charge is 0.0658 e. The van der Waals surface area contributed by atoms with Gasteiger partial charge in [-0.2, -0.15) is 0 Å². The molecule has 0 saturated heterocycles. The Kier molecular flexibility index (Phi) is 2.41. The van der Waals surface area contributed by atoms with E-state index in [0.717, 1.165) is 23.7 Å². The third kappa shape index (κ3) is 1.88. The zero-order chi connectivity index (χ0) is 14.3. The fourth-order valence-corrected chi connectivity index (χ4v) is 5.08. The van der Waals surface area contributed by atoms with Gasteiger partial charge in [0.15, 0.2) is 0 Å². The molecule has 5 fully saturated rings. The summed E-state index contributed by atoms with van der Waals surface area (Å²) < 4.78 is 0. The summed E-state index contributed by atoms with van der Waals surface area (Å²) in [5.74, 6) is 3.74. The minimum Gasteiger partial charge on any atom is -0.0658 e. The maximum Gasteiger partial charge on any atom is -0.00839 e. The molecule has 0 N–H and O–H groups in total. The quantitative estimate of drug-likeness (QED) is 0.606. The molecular formula is C22H26. The molecule has 0 amide bonds. The first-order chi connectivity index (χ1) is 10.9. The van der Waals surface area contributed by atoms with Crippen LogP contribution in [-0.4, -0.2) is 0 Å². The monoisotopic (exact) mass is 290 g/mol. The molecule has 114 valence electrons. The van der Waals surface area contributed by atoms with E-state index in [0.29, 0.717) is 0 Å². The number of allylic oxidation sites excluding steroid dienone is 8. The fraction of sp³-hybridized carbons (Fsp3) is 0.636. The smallest absolute Gasteiger partial charge is 0.00839 e. The molecule has 0 bridgehead atoms. The van der Waals surface area contributed by atoms with Crippen molar-refractivity contribution in [2.45, 2.75) is 64.2 Å². The van der Waals surface area contributed by atoms with Crippen LogP contribution in [0.25, 0.3) is 0 Å². The van der Waals surface area contributed by atoms with E-state index in [1.807, 2.05) is 22.3 Å². The average Bonchev–Trinajstić information content (AvgIpc) is 3.34. The Morgan fingerprint density at radius 3 is 1.55 bits per heavy atom. The maximum atomic E-state index is 2.58. The predicted octanol–water partition coefficient (Wildman–Crippen LogP) is 5.88. The van der Waals surface area contributed by atoms with Gasteiger partial charge in [-0.3, -0.25) is 0 Å². The topological polar surface area (TPSA) is 0 Å². The molecule has 2 unspecified atom stereocenters. The van der Waals surface area contributed by atoms with Crippen molar-refractivity contribution in [3.8, 4) is 0 Å². The lowest BCUT2D eigenvalue weighted by molar-refractivity contribution is 0.368. The molecule has 0 nitrogen and oxygen atoms in total. The van der Waals surface area contributed by atoms with Crippen LogP contribution in [0.1, 0.15) is 64.2 Å². The van der Waals surface area contributed by atoms with E-state index in [-0.39, 0.29) is 0 Å². The molecule has 0 radical (unpaired) electrons. The van der Waals surface area contributed by atoms with Gasteiger partial charge in [0.25, 0.3) is 0 Å². The Balaban J connectivity index is 1.38. The summed E-state index contributed by atoms with van der Waals surface area (Å²) in [5.41, 5.74) is 11.0. The van der Waals surface area contributed by atoms with Crippen LogP contribution in [0.2, 0.25) is 0 Å². The average molecular weight is 290 g/mol. The Morgan fingerprint density at radius 1 is 0.682 bits per heavy atom. The third-order valence-corrected chi connectivity index (χ3v) is 6.91. The van der Waals surface area contributed by atoms with Crippen molar-refractivity contribution < 1.29 is 0 Å². The number of rotatable bonds is 4. The highest BCUT2D eigenvalue weighted by Crippen LogP contribution is 2.62. The summed E-state index contributed by atoms with van der Waals surface area (Å²) in [7, 11) is 0. The zero-order valence-corrected chi connectivity index (χ0v) is 13.5. The van der Waals surface area contributed by atoms with Crippen LogP contribution in [0, 0.1) is 23.7 Å². The Labute approximate surface area is 134 Å². The van der Waals surface area contributed by atoms with Crippen LogP contribution < -0.4 is 0 Å². The van der Waals surface area contributed by atoms with Gasteiger partial charge in [-0.1, -0.05) is 29.7 Å². The third-order valence-electron chi connectivity index (χ3n) is 6.91. The molecule has 2 atom stereocenters. The van der Waals surface area contributed by atoms with Gasteiger partial charge in [0, 0.05) is 0 Å². The second-order valence-electron chi connectivity index (χ2n) is 8.63. The van der Waals surface area contributed by atoms with Crippen molar-refractivity contribution in [2.24, 2.45) is 23.7 Å². The molecule has 6 aliphatic carbocycles. The Hall–Kier alpha value is -1.04. The van der Waals surface area contributed by atoms with Crippen molar-refractivity contribution in [1.29, 1.82) is 0 Å². The first kappa shape index (κ1) is 12.4. The van der Waals surface area contributed by atoms with E-state index in [9.17, 15) is 0 Å². The van der Waals surface area contributed by atoms with Gasteiger partial charge < -0.3 is 0 Å². The molecule has 0 heteroatoms. The molecule has 0 heterocycles. The van der Waals surface area contributed by atoms with E-state index in [4.69, 9.17) is 0 Å². The second kappa shape index (κ2) is 4.28. The van der Waals surface area contributed by atoms with Crippen LogP contribution in [0.5, 0.6) is 0 Å². The summed E-state index contributed by atoms with van der Waals surface area (Å²) in [6.45, 7) is 0. The molecule has 6 aliphatic rings. The highest BCUT2D eigenvalue weighted by molar-refractivity contribution is 5.57. The molecule has 0 aromatic heterocycles. The van der Waals surface area contributed by atoms with Crippen LogP contribution in [0.15, 0.2) is 45.6 Å². The Bertz CT molecular complexity index is 661. The van der Waals surface area contributed by atoms with Gasteiger partial charge >= 0.3 is 0 Å². The van der Waals surface area contributed by atoms with Crippen molar-refractivity contribution in [3.63, 3.8) is 0 Å². The summed E-state index contributed by atoms with van der Waals surface area (Å²) in [4.78, 5) is 0. The van der Waals surface area contributed by atoms with Crippen LogP contribution in [0.4, 0.5) is 0 Å². The van der Waals surface area contributed by atoms with Crippen LogP contribution in [0.3, 0.4) is 0 Å². The minimum atomic E-state index is 0.914. The molecule has 0 aromatic rings. The van der Waals surface area contributed by atoms with Gasteiger partial charge in [0.2, 0.25) is 0 Å². The second-order valence-corrected chi connectivity index (χ2v) is 8.63. The molecule has 22 heavy (non-hydrogen) atoms. The number of hydrogen-bond acceptors (Lipinski definition) is 0. The number of fused-ring (bicyclic) bond motifs is 1. The van der Waals surface area contributed by atoms with Crippen LogP contribution >= 0.6 is 0 Å². The summed E-state index contributed by atoms with van der Waals surface area (Å²) >= 11 is 0. The van der Waals surface area contributed by atoms with Crippen molar-refractivity contribution >= 4 is 0 Å². The van der Waals surface area contributed by atoms with E-state index < -0.39 is 0 Å². The molecule has 0 aliphatic heterocycles. The lowest BCUT2D eigenvalue weighted by atomic mass is 9.74. The molecule has 0 spiro atoms. The zero-order valence-electron chi connectivity index (χ0n) is 13.5. The first-order valence-corrected chi connectivity index (χ1v) is 9.76. The maximum absolute atomic E-state index is 2.58. The molecule has 6 rings (SSSR count). The summed E-state index contributed by atoms with van der Waals surface area (Å²) in [6, 6.07) is 0. The van der Waals surface area contributed by atoms with Gasteiger partial charge in [0.1, 0.15) is 0 Å². The van der Waals surface area contributed by atoms with Gasteiger partial charge in [-0.05, 0) is 104 Å². The first-order valence-electron chi connectivity index (χ1n) is 9.76. The van der Waals surface area contributed by atoms with Gasteiger partial charge in [0.05, 0.1) is 0 Å². The standard InChI is InChI=1S/C22H26/c1-2-13(3-1)21(14-4-5-14)17-10-11-18(20-12-19(17)20)22(15-6-7-15)16-8-9-16/h10-11,13,15,19-20H,1-9,12H2. The van der Waals surface area contributed by atoms with E-state index in [2.05, 4.69) is 12.2 Å². The summed E-state index contributed by atoms with van der Waals surface area (Å²) in [5, 5.41) is 0. The highest BCUT2D eigenvalue weighted by atomic mass is 14.5. The van der Waals surface area contributed by atoms with Gasteiger partial charge in [-0.15, -0.1) is 0 Å². The Morgan fingerprint density at radius 2 is 1.18 bits per heavy atom. The summed E-state index contributed by atoms with van der Waals surface area (Å²) in [6.07, 6.45) is 19.6. The van der Waals surface area contributed by atoms with E-state index in [1.54, 1.807) is 11.1 Å². The van der Waals surface area contributed by atoms with Gasteiger partial charge in [-0.25, -0.2) is 0 Å². The predicted molar refractivity (Wildman–Crippen MR) is 90.3 cm³/mol. The van der Waals surface area contributed by atoms with Crippen LogP contribution in [-0.2, 0) is 0 Å².